The molecule has 1 aliphatic rings. The average Bonchev–Trinajstić information content (AvgIpc) is 2.32. The third-order valence-electron chi connectivity index (χ3n) is 2.97. The molecule has 0 N–H and O–H groups in total. The van der Waals surface area contributed by atoms with E-state index < -0.39 is 0 Å². The Balaban J connectivity index is 2.27. The number of nitrogens with zero attached hydrogens (tertiary/aromatic N) is 1. The molecule has 0 saturated carbocycles. The minimum atomic E-state index is 0.827. The summed E-state index contributed by atoms with van der Waals surface area (Å²) in [6, 6.07) is 0.827. The third-order valence-corrected chi connectivity index (χ3v) is 2.97. The van der Waals surface area contributed by atoms with Crippen molar-refractivity contribution in [3.05, 3.63) is 0 Å². The zero-order chi connectivity index (χ0) is 8.81. The van der Waals surface area contributed by atoms with Crippen LogP contribution in [0, 0.1) is 0 Å². The molecule has 0 aromatic heterocycles. The van der Waals surface area contributed by atoms with E-state index in [0.29, 0.717) is 0 Å². The highest BCUT2D eigenvalue weighted by atomic mass is 15.1. The minimum absolute atomic E-state index is 0.827. The summed E-state index contributed by atoms with van der Waals surface area (Å²) in [6.45, 7) is 7.37. The van der Waals surface area contributed by atoms with Crippen LogP contribution in [0.5, 0.6) is 0 Å². The molecule has 0 aromatic rings. The van der Waals surface area contributed by atoms with Crippen molar-refractivity contribution in [2.75, 3.05) is 13.1 Å². The van der Waals surface area contributed by atoms with Crippen molar-refractivity contribution in [1.29, 1.82) is 0 Å². The maximum atomic E-state index is 2.68. The Bertz CT molecular complexity index is 104. The zero-order valence-corrected chi connectivity index (χ0v) is 8.68. The molecular formula is C11H23N. The van der Waals surface area contributed by atoms with Gasteiger partial charge in [-0.2, -0.15) is 0 Å². The van der Waals surface area contributed by atoms with E-state index >= 15 is 0 Å². The van der Waals surface area contributed by atoms with Crippen molar-refractivity contribution >= 4 is 0 Å². The Morgan fingerprint density at radius 2 is 1.67 bits per heavy atom. The lowest BCUT2D eigenvalue weighted by atomic mass is 10.1. The second kappa shape index (κ2) is 5.58. The van der Waals surface area contributed by atoms with Gasteiger partial charge in [-0.25, -0.2) is 0 Å². The molecule has 0 aromatic carbocycles. The first kappa shape index (κ1) is 10.0. The molecule has 0 aliphatic carbocycles. The Hall–Kier alpha value is -0.0400. The molecule has 1 aliphatic heterocycles. The molecule has 72 valence electrons. The third kappa shape index (κ3) is 3.14. The Labute approximate surface area is 77.1 Å². The molecule has 12 heavy (non-hydrogen) atoms. The predicted octanol–water partition coefficient (Wildman–Crippen LogP) is 3.05. The fraction of sp³-hybridized carbons (Fsp3) is 1.00. The number of rotatable bonds is 3. The van der Waals surface area contributed by atoms with E-state index in [-0.39, 0.29) is 0 Å². The van der Waals surface area contributed by atoms with Gasteiger partial charge >= 0.3 is 0 Å². The first-order chi connectivity index (χ1) is 5.84. The lowest BCUT2D eigenvalue weighted by Gasteiger charge is -2.27. The van der Waals surface area contributed by atoms with Gasteiger partial charge in [0.05, 0.1) is 0 Å². The maximum Gasteiger partial charge on any atom is 0.00668 e. The maximum absolute atomic E-state index is 2.68. The van der Waals surface area contributed by atoms with Gasteiger partial charge in [-0.3, -0.25) is 0 Å². The van der Waals surface area contributed by atoms with E-state index in [1.807, 2.05) is 0 Å². The van der Waals surface area contributed by atoms with Crippen LogP contribution in [0.1, 0.15) is 52.4 Å². The molecule has 0 bridgehead atoms. The number of hydrogen-bond acceptors (Lipinski definition) is 1. The summed E-state index contributed by atoms with van der Waals surface area (Å²) in [7, 11) is 0. The van der Waals surface area contributed by atoms with Gasteiger partial charge in [0.1, 0.15) is 0 Å². The van der Waals surface area contributed by atoms with Gasteiger partial charge in [-0.15, -0.1) is 0 Å². The molecular weight excluding hydrogens is 146 g/mol. The van der Waals surface area contributed by atoms with Gasteiger partial charge in [0, 0.05) is 6.04 Å². The van der Waals surface area contributed by atoms with Crippen LogP contribution in [-0.2, 0) is 0 Å². The quantitative estimate of drug-likeness (QED) is 0.627. The highest BCUT2D eigenvalue weighted by Gasteiger charge is 2.13. The van der Waals surface area contributed by atoms with Crippen molar-refractivity contribution in [1.82, 2.24) is 4.90 Å². The van der Waals surface area contributed by atoms with Crippen molar-refractivity contribution in [3.8, 4) is 0 Å². The largest absolute Gasteiger partial charge is 0.301 e. The van der Waals surface area contributed by atoms with Crippen LogP contribution in [0.15, 0.2) is 0 Å². The molecule has 1 rings (SSSR count). The molecule has 0 amide bonds. The molecule has 1 heteroatoms. The molecule has 1 atom stereocenters. The zero-order valence-electron chi connectivity index (χ0n) is 8.68. The van der Waals surface area contributed by atoms with Crippen LogP contribution in [-0.4, -0.2) is 24.0 Å². The summed E-state index contributed by atoms with van der Waals surface area (Å²) in [6.07, 6.45) is 8.46. The van der Waals surface area contributed by atoms with Crippen LogP contribution >= 0.6 is 0 Å². The van der Waals surface area contributed by atoms with Crippen molar-refractivity contribution < 1.29 is 0 Å². The van der Waals surface area contributed by atoms with Gasteiger partial charge in [0.15, 0.2) is 0 Å². The SMILES string of the molecule is CCCC(C)N1CCCCCC1. The highest BCUT2D eigenvalue weighted by Crippen LogP contribution is 2.14. The first-order valence-electron chi connectivity index (χ1n) is 5.58. The topological polar surface area (TPSA) is 3.24 Å². The number of hydrogen-bond donors (Lipinski definition) is 0. The monoisotopic (exact) mass is 169 g/mol. The summed E-state index contributed by atoms with van der Waals surface area (Å²) < 4.78 is 0. The van der Waals surface area contributed by atoms with Crippen molar-refractivity contribution in [3.63, 3.8) is 0 Å². The van der Waals surface area contributed by atoms with E-state index in [4.69, 9.17) is 0 Å². The molecule has 1 unspecified atom stereocenters. The summed E-state index contributed by atoms with van der Waals surface area (Å²) in [5.41, 5.74) is 0. The molecule has 0 radical (unpaired) electrons. The first-order valence-corrected chi connectivity index (χ1v) is 5.58. The standard InChI is InChI=1S/C11H23N/c1-3-8-11(2)12-9-6-4-5-7-10-12/h11H,3-10H2,1-2H3. The molecule has 1 heterocycles. The lowest BCUT2D eigenvalue weighted by Crippen LogP contribution is -2.33. The lowest BCUT2D eigenvalue weighted by molar-refractivity contribution is 0.206. The fourth-order valence-electron chi connectivity index (χ4n) is 2.14. The second-order valence-electron chi connectivity index (χ2n) is 4.09. The van der Waals surface area contributed by atoms with Crippen LogP contribution < -0.4 is 0 Å². The van der Waals surface area contributed by atoms with Gasteiger partial charge in [0.2, 0.25) is 0 Å². The summed E-state index contributed by atoms with van der Waals surface area (Å²) in [4.78, 5) is 2.68. The van der Waals surface area contributed by atoms with Crippen LogP contribution in [0.3, 0.4) is 0 Å². The number of likely N-dealkylation sites (tertiary alicyclic amines) is 1. The fourth-order valence-corrected chi connectivity index (χ4v) is 2.14. The minimum Gasteiger partial charge on any atom is -0.301 e. The van der Waals surface area contributed by atoms with E-state index in [1.54, 1.807) is 0 Å². The summed E-state index contributed by atoms with van der Waals surface area (Å²) >= 11 is 0. The van der Waals surface area contributed by atoms with Crippen molar-refractivity contribution in [2.45, 2.75) is 58.4 Å². The summed E-state index contributed by atoms with van der Waals surface area (Å²) in [5, 5.41) is 0. The average molecular weight is 169 g/mol. The molecule has 1 nitrogen and oxygen atoms in total. The molecule has 0 spiro atoms. The Kier molecular flexibility index (Phi) is 4.67. The van der Waals surface area contributed by atoms with E-state index in [1.165, 1.54) is 51.6 Å². The van der Waals surface area contributed by atoms with Crippen LogP contribution in [0.2, 0.25) is 0 Å². The van der Waals surface area contributed by atoms with E-state index in [9.17, 15) is 0 Å². The van der Waals surface area contributed by atoms with Crippen LogP contribution in [0.25, 0.3) is 0 Å². The molecule has 1 saturated heterocycles. The Morgan fingerprint density at radius 3 is 2.17 bits per heavy atom. The van der Waals surface area contributed by atoms with E-state index in [2.05, 4.69) is 18.7 Å². The van der Waals surface area contributed by atoms with Gasteiger partial charge in [-0.05, 0) is 39.3 Å². The second-order valence-corrected chi connectivity index (χ2v) is 4.09. The van der Waals surface area contributed by atoms with Crippen molar-refractivity contribution in [2.24, 2.45) is 0 Å². The normalized spacial score (nSPS) is 23.5. The highest BCUT2D eigenvalue weighted by molar-refractivity contribution is 4.69. The molecule has 1 fully saturated rings. The van der Waals surface area contributed by atoms with Crippen LogP contribution in [0.4, 0.5) is 0 Å². The predicted molar refractivity (Wildman–Crippen MR) is 54.4 cm³/mol. The van der Waals surface area contributed by atoms with Gasteiger partial charge < -0.3 is 4.90 Å². The van der Waals surface area contributed by atoms with E-state index in [0.717, 1.165) is 6.04 Å². The van der Waals surface area contributed by atoms with Gasteiger partial charge in [-0.1, -0.05) is 26.2 Å². The summed E-state index contributed by atoms with van der Waals surface area (Å²) in [5.74, 6) is 0. The smallest absolute Gasteiger partial charge is 0.00668 e. The Morgan fingerprint density at radius 1 is 1.08 bits per heavy atom. The van der Waals surface area contributed by atoms with Gasteiger partial charge in [0.25, 0.3) is 0 Å².